The Balaban J connectivity index is 1.62. The van der Waals surface area contributed by atoms with Gasteiger partial charge in [0, 0.05) is 30.2 Å². The van der Waals surface area contributed by atoms with Crippen molar-refractivity contribution in [3.63, 3.8) is 0 Å². The number of hydrogen-bond acceptors (Lipinski definition) is 3. The molecule has 1 aliphatic rings. The molecular weight excluding hydrogens is 352 g/mol. The molecule has 0 saturated carbocycles. The van der Waals surface area contributed by atoms with Crippen molar-refractivity contribution in [2.24, 2.45) is 5.92 Å². The molecule has 0 aromatic heterocycles. The summed E-state index contributed by atoms with van der Waals surface area (Å²) in [5.74, 6) is 0.240. The first-order valence-electron chi connectivity index (χ1n) is 8.45. The predicted molar refractivity (Wildman–Crippen MR) is 101 cm³/mol. The van der Waals surface area contributed by atoms with Crippen LogP contribution in [-0.4, -0.2) is 25.5 Å². The van der Waals surface area contributed by atoms with Gasteiger partial charge < -0.3 is 15.0 Å². The molecule has 0 unspecified atom stereocenters. The minimum absolute atomic E-state index is 0.0556. The number of ether oxygens (including phenoxy) is 1. The van der Waals surface area contributed by atoms with Gasteiger partial charge in [0.15, 0.2) is 0 Å². The molecule has 2 aromatic carbocycles. The Kier molecular flexibility index (Phi) is 5.47. The van der Waals surface area contributed by atoms with Crippen LogP contribution in [0, 0.1) is 12.8 Å². The lowest BCUT2D eigenvalue weighted by Gasteiger charge is -2.19. The van der Waals surface area contributed by atoms with Crippen LogP contribution in [0.1, 0.15) is 17.5 Å². The molecule has 1 heterocycles. The molecule has 136 valence electrons. The second-order valence-corrected chi connectivity index (χ2v) is 6.76. The van der Waals surface area contributed by atoms with Gasteiger partial charge in [0.2, 0.25) is 11.8 Å². The Bertz CT molecular complexity index is 820. The van der Waals surface area contributed by atoms with Crippen LogP contribution in [0.5, 0.6) is 5.75 Å². The van der Waals surface area contributed by atoms with Crippen molar-refractivity contribution >= 4 is 29.1 Å². The Morgan fingerprint density at radius 2 is 2.00 bits per heavy atom. The minimum Gasteiger partial charge on any atom is -0.497 e. The molecule has 5 nitrogen and oxygen atoms in total. The summed E-state index contributed by atoms with van der Waals surface area (Å²) in [6.45, 7) is 2.67. The number of nitrogens with one attached hydrogen (secondary N) is 1. The molecule has 1 fully saturated rings. The van der Waals surface area contributed by atoms with Gasteiger partial charge in [-0.15, -0.1) is 0 Å². The Hall–Kier alpha value is -2.53. The number of rotatable bonds is 5. The van der Waals surface area contributed by atoms with Crippen LogP contribution >= 0.6 is 11.6 Å². The fourth-order valence-corrected chi connectivity index (χ4v) is 3.25. The van der Waals surface area contributed by atoms with Crippen LogP contribution in [-0.2, 0) is 16.1 Å². The fourth-order valence-electron chi connectivity index (χ4n) is 3.08. The van der Waals surface area contributed by atoms with Crippen LogP contribution in [0.25, 0.3) is 0 Å². The molecule has 2 aromatic rings. The van der Waals surface area contributed by atoms with Gasteiger partial charge in [-0.1, -0.05) is 29.8 Å². The SMILES string of the molecule is COc1ccc(CNC(=O)[C@@H]2CC(=O)N(c3cccc(Cl)c3C)C2)cc1. The normalized spacial score (nSPS) is 16.7. The Morgan fingerprint density at radius 1 is 1.27 bits per heavy atom. The van der Waals surface area contributed by atoms with Gasteiger partial charge in [0.1, 0.15) is 5.75 Å². The van der Waals surface area contributed by atoms with E-state index in [0.717, 1.165) is 22.6 Å². The smallest absolute Gasteiger partial charge is 0.227 e. The second-order valence-electron chi connectivity index (χ2n) is 6.36. The molecule has 1 aliphatic heterocycles. The van der Waals surface area contributed by atoms with E-state index in [1.54, 1.807) is 18.1 Å². The number of amides is 2. The van der Waals surface area contributed by atoms with Gasteiger partial charge in [0.05, 0.1) is 13.0 Å². The van der Waals surface area contributed by atoms with Crippen molar-refractivity contribution in [3.8, 4) is 5.75 Å². The zero-order chi connectivity index (χ0) is 18.7. The molecule has 1 saturated heterocycles. The molecule has 0 spiro atoms. The highest BCUT2D eigenvalue weighted by atomic mass is 35.5. The minimum atomic E-state index is -0.362. The largest absolute Gasteiger partial charge is 0.497 e. The zero-order valence-corrected chi connectivity index (χ0v) is 15.5. The van der Waals surface area contributed by atoms with Crippen molar-refractivity contribution in [1.82, 2.24) is 5.32 Å². The lowest BCUT2D eigenvalue weighted by atomic mass is 10.1. The Labute approximate surface area is 157 Å². The number of halogens is 1. The van der Waals surface area contributed by atoms with Gasteiger partial charge in [-0.25, -0.2) is 0 Å². The number of carbonyl (C=O) groups is 2. The number of methoxy groups -OCH3 is 1. The van der Waals surface area contributed by atoms with E-state index in [-0.39, 0.29) is 24.2 Å². The summed E-state index contributed by atoms with van der Waals surface area (Å²) in [6, 6.07) is 13.0. The summed E-state index contributed by atoms with van der Waals surface area (Å²) < 4.78 is 5.12. The van der Waals surface area contributed by atoms with Crippen molar-refractivity contribution < 1.29 is 14.3 Å². The first kappa shape index (κ1) is 18.3. The highest BCUT2D eigenvalue weighted by molar-refractivity contribution is 6.31. The van der Waals surface area contributed by atoms with E-state index < -0.39 is 0 Å². The molecule has 3 rings (SSSR count). The molecule has 0 aliphatic carbocycles. The maximum absolute atomic E-state index is 12.5. The monoisotopic (exact) mass is 372 g/mol. The van der Waals surface area contributed by atoms with E-state index in [4.69, 9.17) is 16.3 Å². The van der Waals surface area contributed by atoms with E-state index in [1.165, 1.54) is 0 Å². The van der Waals surface area contributed by atoms with E-state index >= 15 is 0 Å². The number of hydrogen-bond donors (Lipinski definition) is 1. The number of nitrogens with zero attached hydrogens (tertiary/aromatic N) is 1. The predicted octanol–water partition coefficient (Wildman–Crippen LogP) is 3.33. The van der Waals surface area contributed by atoms with Crippen LogP contribution in [0.4, 0.5) is 5.69 Å². The van der Waals surface area contributed by atoms with Gasteiger partial charge in [-0.2, -0.15) is 0 Å². The molecule has 26 heavy (non-hydrogen) atoms. The molecule has 0 bridgehead atoms. The molecule has 1 N–H and O–H groups in total. The third-order valence-electron chi connectivity index (χ3n) is 4.65. The lowest BCUT2D eigenvalue weighted by Crippen LogP contribution is -2.32. The average molecular weight is 373 g/mol. The second kappa shape index (κ2) is 7.79. The number of anilines is 1. The number of carbonyl (C=O) groups excluding carboxylic acids is 2. The first-order chi connectivity index (χ1) is 12.5. The highest BCUT2D eigenvalue weighted by Crippen LogP contribution is 2.31. The van der Waals surface area contributed by atoms with E-state index in [9.17, 15) is 9.59 Å². The molecular formula is C20H21ClN2O3. The van der Waals surface area contributed by atoms with Gasteiger partial charge in [-0.3, -0.25) is 9.59 Å². The molecule has 1 atom stereocenters. The standard InChI is InChI=1S/C20H21ClN2O3/c1-13-17(21)4-3-5-18(13)23-12-15(10-19(23)24)20(25)22-11-14-6-8-16(26-2)9-7-14/h3-9,15H,10-12H2,1-2H3,(H,22,25)/t15-/m1/s1. The quantitative estimate of drug-likeness (QED) is 0.875. The number of benzene rings is 2. The van der Waals surface area contributed by atoms with Crippen molar-refractivity contribution in [1.29, 1.82) is 0 Å². The van der Waals surface area contributed by atoms with Crippen LogP contribution in [0.3, 0.4) is 0 Å². The maximum Gasteiger partial charge on any atom is 0.227 e. The maximum atomic E-state index is 12.5. The van der Waals surface area contributed by atoms with Crippen molar-refractivity contribution in [2.75, 3.05) is 18.6 Å². The molecule has 2 amide bonds. The molecule has 6 heteroatoms. The third kappa shape index (κ3) is 3.83. The molecule has 0 radical (unpaired) electrons. The fraction of sp³-hybridized carbons (Fsp3) is 0.300. The Morgan fingerprint density at radius 3 is 2.69 bits per heavy atom. The van der Waals surface area contributed by atoms with E-state index in [2.05, 4.69) is 5.32 Å². The topological polar surface area (TPSA) is 58.6 Å². The highest BCUT2D eigenvalue weighted by Gasteiger charge is 2.35. The summed E-state index contributed by atoms with van der Waals surface area (Å²) >= 11 is 6.15. The van der Waals surface area contributed by atoms with E-state index in [1.807, 2.05) is 43.3 Å². The third-order valence-corrected chi connectivity index (χ3v) is 5.06. The van der Waals surface area contributed by atoms with E-state index in [0.29, 0.717) is 18.1 Å². The van der Waals surface area contributed by atoms with Gasteiger partial charge >= 0.3 is 0 Å². The lowest BCUT2D eigenvalue weighted by molar-refractivity contribution is -0.126. The summed E-state index contributed by atoms with van der Waals surface area (Å²) in [5, 5.41) is 3.53. The van der Waals surface area contributed by atoms with Crippen molar-refractivity contribution in [2.45, 2.75) is 19.9 Å². The summed E-state index contributed by atoms with van der Waals surface area (Å²) in [5.41, 5.74) is 2.60. The van der Waals surface area contributed by atoms with Crippen LogP contribution in [0.2, 0.25) is 5.02 Å². The van der Waals surface area contributed by atoms with Crippen LogP contribution < -0.4 is 15.0 Å². The average Bonchev–Trinajstić information content (AvgIpc) is 3.04. The summed E-state index contributed by atoms with van der Waals surface area (Å²) in [7, 11) is 1.61. The summed E-state index contributed by atoms with van der Waals surface area (Å²) in [6.07, 6.45) is 0.209. The van der Waals surface area contributed by atoms with Crippen molar-refractivity contribution in [3.05, 3.63) is 58.6 Å². The zero-order valence-electron chi connectivity index (χ0n) is 14.8. The van der Waals surface area contributed by atoms with Gasteiger partial charge in [-0.05, 0) is 42.3 Å². The summed E-state index contributed by atoms with van der Waals surface area (Å²) in [4.78, 5) is 26.5. The van der Waals surface area contributed by atoms with Crippen LogP contribution in [0.15, 0.2) is 42.5 Å². The first-order valence-corrected chi connectivity index (χ1v) is 8.83. The van der Waals surface area contributed by atoms with Gasteiger partial charge in [0.25, 0.3) is 0 Å².